The summed E-state index contributed by atoms with van der Waals surface area (Å²) in [6.45, 7) is 5.08. The van der Waals surface area contributed by atoms with Crippen molar-refractivity contribution in [1.29, 1.82) is 0 Å². The number of carboxylic acids is 1. The lowest BCUT2D eigenvalue weighted by molar-refractivity contribution is -0.413. The standard InChI is InChI=1S/C20H22N2O2/c1-13(2)15-9-7-14(8-10-15)11-22-12-17(19(21)20(23)24)16-5-3-4-6-18(16)22/h3-10,12-13,19H,11,21H2,1-2H3,(H,23,24)/p+1. The van der Waals surface area contributed by atoms with E-state index in [1.807, 2.05) is 30.5 Å². The number of hydrogen-bond donors (Lipinski definition) is 2. The summed E-state index contributed by atoms with van der Waals surface area (Å²) >= 11 is 0. The zero-order chi connectivity index (χ0) is 17.3. The number of rotatable bonds is 5. The first-order valence-electron chi connectivity index (χ1n) is 8.20. The fraction of sp³-hybridized carbons (Fsp3) is 0.250. The Morgan fingerprint density at radius 3 is 2.42 bits per heavy atom. The fourth-order valence-corrected chi connectivity index (χ4v) is 3.02. The fourth-order valence-electron chi connectivity index (χ4n) is 3.02. The molecule has 0 spiro atoms. The minimum absolute atomic E-state index is 0.514. The van der Waals surface area contributed by atoms with E-state index in [2.05, 4.69) is 48.4 Å². The largest absolute Gasteiger partial charge is 0.477 e. The molecule has 0 saturated heterocycles. The SMILES string of the molecule is CC(C)c1ccc(Cn2cc(C([NH3+])C(=O)O)c3ccccc32)cc1. The first-order chi connectivity index (χ1) is 11.5. The molecule has 0 bridgehead atoms. The van der Waals surface area contributed by atoms with Crippen molar-refractivity contribution in [3.63, 3.8) is 0 Å². The van der Waals surface area contributed by atoms with Gasteiger partial charge in [-0.15, -0.1) is 0 Å². The number of benzene rings is 2. The lowest BCUT2D eigenvalue weighted by Crippen LogP contribution is -2.57. The van der Waals surface area contributed by atoms with Crippen molar-refractivity contribution in [1.82, 2.24) is 4.57 Å². The summed E-state index contributed by atoms with van der Waals surface area (Å²) in [4.78, 5) is 11.3. The number of carbonyl (C=O) groups is 1. The minimum atomic E-state index is -0.904. The van der Waals surface area contributed by atoms with Gasteiger partial charge in [0.2, 0.25) is 6.04 Å². The molecule has 1 heterocycles. The molecule has 0 aliphatic carbocycles. The first kappa shape index (κ1) is 16.3. The van der Waals surface area contributed by atoms with Gasteiger partial charge in [-0.3, -0.25) is 0 Å². The molecule has 0 aliphatic rings. The Morgan fingerprint density at radius 1 is 1.12 bits per heavy atom. The van der Waals surface area contributed by atoms with Crippen LogP contribution >= 0.6 is 0 Å². The summed E-state index contributed by atoms with van der Waals surface area (Å²) in [6, 6.07) is 15.7. The summed E-state index contributed by atoms with van der Waals surface area (Å²) in [6.07, 6.45) is 1.92. The minimum Gasteiger partial charge on any atom is -0.477 e. The number of carboxylic acid groups (broad SMARTS) is 1. The van der Waals surface area contributed by atoms with E-state index in [0.717, 1.165) is 16.5 Å². The number of aromatic nitrogens is 1. The van der Waals surface area contributed by atoms with Gasteiger partial charge in [0.1, 0.15) is 0 Å². The molecular weight excluding hydrogens is 300 g/mol. The average Bonchev–Trinajstić information content (AvgIpc) is 2.93. The van der Waals surface area contributed by atoms with Gasteiger partial charge >= 0.3 is 5.97 Å². The van der Waals surface area contributed by atoms with Gasteiger partial charge in [0, 0.05) is 29.2 Å². The predicted octanol–water partition coefficient (Wildman–Crippen LogP) is 3.18. The monoisotopic (exact) mass is 323 g/mol. The molecule has 0 radical (unpaired) electrons. The molecule has 3 rings (SSSR count). The second kappa shape index (κ2) is 6.49. The molecule has 0 fully saturated rings. The number of para-hydroxylation sites is 1. The Balaban J connectivity index is 1.99. The lowest BCUT2D eigenvalue weighted by atomic mass is 10.0. The van der Waals surface area contributed by atoms with Gasteiger partial charge in [-0.2, -0.15) is 0 Å². The van der Waals surface area contributed by atoms with E-state index in [1.54, 1.807) is 0 Å². The lowest BCUT2D eigenvalue weighted by Gasteiger charge is -2.09. The second-order valence-corrected chi connectivity index (χ2v) is 6.52. The molecule has 1 atom stereocenters. The van der Waals surface area contributed by atoms with Gasteiger partial charge in [0.25, 0.3) is 0 Å². The van der Waals surface area contributed by atoms with Gasteiger partial charge in [-0.1, -0.05) is 56.3 Å². The predicted molar refractivity (Wildman–Crippen MR) is 94.8 cm³/mol. The van der Waals surface area contributed by atoms with Crippen LogP contribution in [0.5, 0.6) is 0 Å². The zero-order valence-corrected chi connectivity index (χ0v) is 14.1. The summed E-state index contributed by atoms with van der Waals surface area (Å²) < 4.78 is 2.11. The van der Waals surface area contributed by atoms with Crippen molar-refractivity contribution < 1.29 is 15.6 Å². The Morgan fingerprint density at radius 2 is 1.79 bits per heavy atom. The maximum Gasteiger partial charge on any atom is 0.367 e. The summed E-state index contributed by atoms with van der Waals surface area (Å²) in [7, 11) is 0. The van der Waals surface area contributed by atoms with Gasteiger partial charge < -0.3 is 15.4 Å². The Hall–Kier alpha value is -2.59. The Labute approximate surface area is 141 Å². The maximum absolute atomic E-state index is 11.3. The molecule has 1 aromatic heterocycles. The first-order valence-corrected chi connectivity index (χ1v) is 8.20. The average molecular weight is 323 g/mol. The van der Waals surface area contributed by atoms with Gasteiger partial charge in [0.05, 0.1) is 0 Å². The Bertz CT molecular complexity index is 863. The molecule has 124 valence electrons. The molecule has 4 nitrogen and oxygen atoms in total. The van der Waals surface area contributed by atoms with E-state index >= 15 is 0 Å². The van der Waals surface area contributed by atoms with E-state index in [0.29, 0.717) is 12.5 Å². The quantitative estimate of drug-likeness (QED) is 0.757. The van der Waals surface area contributed by atoms with Crippen molar-refractivity contribution >= 4 is 16.9 Å². The highest BCUT2D eigenvalue weighted by atomic mass is 16.4. The summed E-state index contributed by atoms with van der Waals surface area (Å²) in [5, 5.41) is 10.3. The van der Waals surface area contributed by atoms with Gasteiger partial charge in [-0.05, 0) is 23.1 Å². The molecule has 4 heteroatoms. The topological polar surface area (TPSA) is 69.9 Å². The van der Waals surface area contributed by atoms with Crippen LogP contribution in [0.15, 0.2) is 54.7 Å². The van der Waals surface area contributed by atoms with Crippen LogP contribution in [0.3, 0.4) is 0 Å². The van der Waals surface area contributed by atoms with Crippen LogP contribution < -0.4 is 5.73 Å². The molecule has 4 N–H and O–H groups in total. The van der Waals surface area contributed by atoms with Crippen molar-refractivity contribution in [2.24, 2.45) is 0 Å². The van der Waals surface area contributed by atoms with E-state index in [9.17, 15) is 9.90 Å². The highest BCUT2D eigenvalue weighted by Crippen LogP contribution is 2.26. The van der Waals surface area contributed by atoms with Crippen LogP contribution in [0.2, 0.25) is 0 Å². The van der Waals surface area contributed by atoms with Crippen molar-refractivity contribution in [2.75, 3.05) is 0 Å². The number of aliphatic carboxylic acids is 1. The summed E-state index contributed by atoms with van der Waals surface area (Å²) in [5.41, 5.74) is 8.11. The maximum atomic E-state index is 11.3. The van der Waals surface area contributed by atoms with Gasteiger partial charge in [0.15, 0.2) is 0 Å². The third-order valence-electron chi connectivity index (χ3n) is 4.49. The molecule has 0 saturated carbocycles. The number of fused-ring (bicyclic) bond motifs is 1. The summed E-state index contributed by atoms with van der Waals surface area (Å²) in [5.74, 6) is -0.389. The van der Waals surface area contributed by atoms with Crippen LogP contribution in [-0.2, 0) is 11.3 Å². The molecule has 24 heavy (non-hydrogen) atoms. The van der Waals surface area contributed by atoms with Crippen LogP contribution in [-0.4, -0.2) is 15.6 Å². The molecule has 0 amide bonds. The third kappa shape index (κ3) is 3.05. The highest BCUT2D eigenvalue weighted by molar-refractivity contribution is 5.88. The number of nitrogens with zero attached hydrogens (tertiary/aromatic N) is 1. The Kier molecular flexibility index (Phi) is 4.40. The zero-order valence-electron chi connectivity index (χ0n) is 14.1. The van der Waals surface area contributed by atoms with E-state index in [4.69, 9.17) is 0 Å². The van der Waals surface area contributed by atoms with E-state index in [1.165, 1.54) is 11.1 Å². The normalized spacial score (nSPS) is 12.7. The van der Waals surface area contributed by atoms with Crippen LogP contribution in [0.1, 0.15) is 42.5 Å². The van der Waals surface area contributed by atoms with E-state index < -0.39 is 12.0 Å². The number of hydrogen-bond acceptors (Lipinski definition) is 1. The third-order valence-corrected chi connectivity index (χ3v) is 4.49. The smallest absolute Gasteiger partial charge is 0.367 e. The van der Waals surface area contributed by atoms with E-state index in [-0.39, 0.29) is 0 Å². The van der Waals surface area contributed by atoms with Crippen LogP contribution in [0, 0.1) is 0 Å². The number of quaternary nitrogens is 1. The van der Waals surface area contributed by atoms with Crippen LogP contribution in [0.4, 0.5) is 0 Å². The molecule has 1 unspecified atom stereocenters. The molecule has 2 aromatic carbocycles. The molecule has 0 aliphatic heterocycles. The van der Waals surface area contributed by atoms with Crippen LogP contribution in [0.25, 0.3) is 10.9 Å². The molecular formula is C20H23N2O2+. The van der Waals surface area contributed by atoms with Crippen molar-refractivity contribution in [2.45, 2.75) is 32.4 Å². The highest BCUT2D eigenvalue weighted by Gasteiger charge is 2.23. The van der Waals surface area contributed by atoms with Crippen molar-refractivity contribution in [3.8, 4) is 0 Å². The molecule has 3 aromatic rings. The second-order valence-electron chi connectivity index (χ2n) is 6.52. The van der Waals surface area contributed by atoms with Crippen molar-refractivity contribution in [3.05, 3.63) is 71.4 Å². The van der Waals surface area contributed by atoms with Gasteiger partial charge in [-0.25, -0.2) is 4.79 Å².